The van der Waals surface area contributed by atoms with E-state index in [4.69, 9.17) is 0 Å². The van der Waals surface area contributed by atoms with Gasteiger partial charge in [0.2, 0.25) is 0 Å². The molecule has 0 aliphatic heterocycles. The summed E-state index contributed by atoms with van der Waals surface area (Å²) in [6, 6.07) is 3.16. The van der Waals surface area contributed by atoms with Crippen LogP contribution in [0.2, 0.25) is 0 Å². The molecule has 0 fully saturated rings. The number of nitrogens with zero attached hydrogens (tertiary/aromatic N) is 2. The number of halogens is 2. The molecule has 0 spiro atoms. The van der Waals surface area contributed by atoms with Crippen LogP contribution in [0.4, 0.5) is 20.3 Å². The molecule has 2 aromatic rings. The second kappa shape index (κ2) is 9.38. The SMILES string of the molecule is CC(C)CN(CC(C)C)c1ncc(NS(=O)(=O)c2cc(F)ccc2F)cc1C(=O)O. The summed E-state index contributed by atoms with van der Waals surface area (Å²) in [6.45, 7) is 9.08. The number of sulfonamides is 1. The van der Waals surface area contributed by atoms with E-state index in [0.717, 1.165) is 18.3 Å². The Morgan fingerprint density at radius 3 is 2.27 bits per heavy atom. The van der Waals surface area contributed by atoms with Crippen molar-refractivity contribution < 1.29 is 27.1 Å². The third-order valence-corrected chi connectivity index (χ3v) is 5.40. The van der Waals surface area contributed by atoms with Crippen LogP contribution in [0, 0.1) is 23.5 Å². The van der Waals surface area contributed by atoms with Crippen LogP contribution < -0.4 is 9.62 Å². The number of carboxylic acid groups (broad SMARTS) is 1. The van der Waals surface area contributed by atoms with Crippen molar-refractivity contribution in [1.82, 2.24) is 4.98 Å². The quantitative estimate of drug-likeness (QED) is 0.611. The number of anilines is 2. The molecular weight excluding hydrogens is 416 g/mol. The number of rotatable bonds is 9. The van der Waals surface area contributed by atoms with Gasteiger partial charge in [-0.3, -0.25) is 4.72 Å². The Bertz CT molecular complexity index is 1020. The van der Waals surface area contributed by atoms with E-state index in [1.54, 1.807) is 0 Å². The topological polar surface area (TPSA) is 99.6 Å². The molecule has 2 rings (SSSR count). The predicted octanol–water partition coefficient (Wildman–Crippen LogP) is 3.98. The second-order valence-electron chi connectivity index (χ2n) is 7.77. The number of benzene rings is 1. The summed E-state index contributed by atoms with van der Waals surface area (Å²) in [5, 5.41) is 9.65. The minimum absolute atomic E-state index is 0.172. The molecule has 0 aliphatic carbocycles. The van der Waals surface area contributed by atoms with Gasteiger partial charge in [0.15, 0.2) is 0 Å². The maximum atomic E-state index is 13.9. The van der Waals surface area contributed by atoms with E-state index in [2.05, 4.69) is 9.71 Å². The zero-order valence-electron chi connectivity index (χ0n) is 17.2. The molecule has 0 atom stereocenters. The summed E-state index contributed by atoms with van der Waals surface area (Å²) < 4.78 is 54.3. The highest BCUT2D eigenvalue weighted by Crippen LogP contribution is 2.26. The Labute approximate surface area is 174 Å². The van der Waals surface area contributed by atoms with E-state index >= 15 is 0 Å². The van der Waals surface area contributed by atoms with Crippen LogP contribution in [0.1, 0.15) is 38.1 Å². The molecule has 30 heavy (non-hydrogen) atoms. The van der Waals surface area contributed by atoms with Gasteiger partial charge in [0.25, 0.3) is 10.0 Å². The summed E-state index contributed by atoms with van der Waals surface area (Å²) in [5.41, 5.74) is -0.370. The molecule has 7 nitrogen and oxygen atoms in total. The molecule has 0 radical (unpaired) electrons. The lowest BCUT2D eigenvalue weighted by atomic mass is 10.1. The van der Waals surface area contributed by atoms with Crippen molar-refractivity contribution in [2.75, 3.05) is 22.7 Å². The van der Waals surface area contributed by atoms with Crippen molar-refractivity contribution in [3.05, 3.63) is 47.7 Å². The Morgan fingerprint density at radius 1 is 1.13 bits per heavy atom. The number of hydrogen-bond acceptors (Lipinski definition) is 5. The van der Waals surface area contributed by atoms with E-state index in [-0.39, 0.29) is 28.9 Å². The summed E-state index contributed by atoms with van der Waals surface area (Å²) in [7, 11) is -4.49. The smallest absolute Gasteiger partial charge is 0.339 e. The van der Waals surface area contributed by atoms with Gasteiger partial charge in [-0.2, -0.15) is 0 Å². The molecule has 1 heterocycles. The zero-order chi connectivity index (χ0) is 22.6. The summed E-state index contributed by atoms with van der Waals surface area (Å²) in [5.74, 6) is -2.65. The Hall–Kier alpha value is -2.75. The highest BCUT2D eigenvalue weighted by Gasteiger charge is 2.24. The molecule has 0 bridgehead atoms. The van der Waals surface area contributed by atoms with Crippen LogP contribution in [0.15, 0.2) is 35.4 Å². The minimum atomic E-state index is -4.49. The van der Waals surface area contributed by atoms with E-state index < -0.39 is 32.5 Å². The number of aromatic nitrogens is 1. The molecule has 1 aromatic heterocycles. The zero-order valence-corrected chi connectivity index (χ0v) is 18.0. The number of carbonyl (C=O) groups is 1. The number of hydrogen-bond donors (Lipinski definition) is 2. The van der Waals surface area contributed by atoms with Gasteiger partial charge in [0, 0.05) is 13.1 Å². The fraction of sp³-hybridized carbons (Fsp3) is 0.400. The Kier molecular flexibility index (Phi) is 7.35. The number of aromatic carboxylic acids is 1. The normalized spacial score (nSPS) is 11.7. The van der Waals surface area contributed by atoms with Crippen molar-refractivity contribution in [3.8, 4) is 0 Å². The van der Waals surface area contributed by atoms with E-state index in [1.807, 2.05) is 32.6 Å². The molecule has 2 N–H and O–H groups in total. The van der Waals surface area contributed by atoms with Gasteiger partial charge in [-0.1, -0.05) is 27.7 Å². The van der Waals surface area contributed by atoms with Crippen LogP contribution in [0.25, 0.3) is 0 Å². The van der Waals surface area contributed by atoms with Gasteiger partial charge in [0.1, 0.15) is 27.9 Å². The molecule has 0 amide bonds. The minimum Gasteiger partial charge on any atom is -0.478 e. The average Bonchev–Trinajstić information content (AvgIpc) is 2.62. The Balaban J connectivity index is 2.45. The molecule has 0 saturated carbocycles. The van der Waals surface area contributed by atoms with Crippen molar-refractivity contribution >= 4 is 27.5 Å². The summed E-state index contributed by atoms with van der Waals surface area (Å²) in [6.07, 6.45) is 1.16. The second-order valence-corrected chi connectivity index (χ2v) is 9.42. The molecule has 0 aliphatic rings. The van der Waals surface area contributed by atoms with Gasteiger partial charge in [-0.15, -0.1) is 0 Å². The lowest BCUT2D eigenvalue weighted by molar-refractivity contribution is 0.0697. The van der Waals surface area contributed by atoms with Gasteiger partial charge in [0.05, 0.1) is 11.9 Å². The van der Waals surface area contributed by atoms with E-state index in [1.165, 1.54) is 0 Å². The fourth-order valence-corrected chi connectivity index (χ4v) is 4.07. The molecule has 1 aromatic carbocycles. The van der Waals surface area contributed by atoms with E-state index in [9.17, 15) is 27.1 Å². The maximum Gasteiger partial charge on any atom is 0.339 e. The first-order valence-corrected chi connectivity index (χ1v) is 10.8. The molecular formula is C20H25F2N3O4S. The van der Waals surface area contributed by atoms with Gasteiger partial charge in [-0.05, 0) is 36.1 Å². The maximum absolute atomic E-state index is 13.9. The van der Waals surface area contributed by atoms with Crippen LogP contribution >= 0.6 is 0 Å². The summed E-state index contributed by atoms with van der Waals surface area (Å²) >= 11 is 0. The third-order valence-electron chi connectivity index (χ3n) is 4.00. The highest BCUT2D eigenvalue weighted by atomic mass is 32.2. The van der Waals surface area contributed by atoms with Crippen molar-refractivity contribution in [1.29, 1.82) is 0 Å². The molecule has 10 heteroatoms. The first-order chi connectivity index (χ1) is 13.9. The van der Waals surface area contributed by atoms with Crippen molar-refractivity contribution in [2.24, 2.45) is 11.8 Å². The number of pyridine rings is 1. The van der Waals surface area contributed by atoms with Gasteiger partial charge in [-0.25, -0.2) is 27.0 Å². The average molecular weight is 442 g/mol. The van der Waals surface area contributed by atoms with Crippen LogP contribution in [0.5, 0.6) is 0 Å². The largest absolute Gasteiger partial charge is 0.478 e. The van der Waals surface area contributed by atoms with Gasteiger partial charge < -0.3 is 10.0 Å². The first-order valence-electron chi connectivity index (χ1n) is 9.37. The summed E-state index contributed by atoms with van der Waals surface area (Å²) in [4.78, 5) is 17.0. The van der Waals surface area contributed by atoms with Crippen molar-refractivity contribution in [2.45, 2.75) is 32.6 Å². The molecule has 0 saturated heterocycles. The van der Waals surface area contributed by atoms with Crippen LogP contribution in [-0.4, -0.2) is 37.6 Å². The number of carboxylic acids is 1. The van der Waals surface area contributed by atoms with Gasteiger partial charge >= 0.3 is 5.97 Å². The lowest BCUT2D eigenvalue weighted by Gasteiger charge is -2.28. The molecule has 164 valence electrons. The first kappa shape index (κ1) is 23.5. The number of nitrogens with one attached hydrogen (secondary N) is 1. The van der Waals surface area contributed by atoms with Crippen LogP contribution in [-0.2, 0) is 10.0 Å². The fourth-order valence-electron chi connectivity index (χ4n) is 2.95. The molecule has 0 unspecified atom stereocenters. The Morgan fingerprint density at radius 2 is 1.73 bits per heavy atom. The monoisotopic (exact) mass is 441 g/mol. The van der Waals surface area contributed by atoms with E-state index in [0.29, 0.717) is 25.2 Å². The predicted molar refractivity (Wildman–Crippen MR) is 110 cm³/mol. The lowest BCUT2D eigenvalue weighted by Crippen LogP contribution is -2.33. The van der Waals surface area contributed by atoms with Crippen molar-refractivity contribution in [3.63, 3.8) is 0 Å². The standard InChI is InChI=1S/C20H25F2N3O4S/c1-12(2)10-25(11-13(3)4)19-16(20(26)27)8-15(9-23-19)24-30(28,29)18-7-14(21)5-6-17(18)22/h5-9,12-13,24H,10-11H2,1-4H3,(H,26,27). The highest BCUT2D eigenvalue weighted by molar-refractivity contribution is 7.92. The third kappa shape index (κ3) is 5.88. The van der Waals surface area contributed by atoms with Crippen LogP contribution in [0.3, 0.4) is 0 Å².